The number of nitrogens with two attached hydrogens (primary N) is 1. The number of nitrogens with one attached hydrogen (secondary N) is 1. The molecule has 2 aromatic rings. The fourth-order valence-corrected chi connectivity index (χ4v) is 1.67. The van der Waals surface area contributed by atoms with Crippen LogP contribution in [0.4, 0.5) is 4.39 Å². The fourth-order valence-electron chi connectivity index (χ4n) is 1.51. The highest BCUT2D eigenvalue weighted by molar-refractivity contribution is 7.80. The zero-order valence-corrected chi connectivity index (χ0v) is 11.7. The lowest BCUT2D eigenvalue weighted by Gasteiger charge is -2.03. The van der Waals surface area contributed by atoms with E-state index in [4.69, 9.17) is 17.3 Å². The Morgan fingerprint density at radius 3 is 2.65 bits per heavy atom. The Morgan fingerprint density at radius 1 is 1.35 bits per heavy atom. The highest BCUT2D eigenvalue weighted by atomic mass is 35.5. The number of hydrogen-bond donors (Lipinski definition) is 2. The molecule has 0 spiro atoms. The van der Waals surface area contributed by atoms with Gasteiger partial charge in [-0.05, 0) is 29.4 Å². The average Bonchev–Trinajstić information content (AvgIpc) is 2.42. The smallest absolute Gasteiger partial charge is 0.184 e. The van der Waals surface area contributed by atoms with Gasteiger partial charge in [0.25, 0.3) is 0 Å². The van der Waals surface area contributed by atoms with Crippen LogP contribution in [0.5, 0.6) is 0 Å². The van der Waals surface area contributed by atoms with Crippen molar-refractivity contribution in [1.29, 1.82) is 0 Å². The van der Waals surface area contributed by atoms with Crippen molar-refractivity contribution < 1.29 is 4.39 Å². The number of pyridine rings is 1. The molecule has 1 aromatic carbocycles. The predicted molar refractivity (Wildman–Crippen MR) is 82.2 cm³/mol. The first-order valence-electron chi connectivity index (χ1n) is 5.56. The summed E-state index contributed by atoms with van der Waals surface area (Å²) in [5, 5.41) is 3.80. The molecule has 0 saturated heterocycles. The first-order chi connectivity index (χ1) is 9.56. The number of hydrazone groups is 1. The van der Waals surface area contributed by atoms with E-state index in [1.165, 1.54) is 12.3 Å². The summed E-state index contributed by atoms with van der Waals surface area (Å²) in [5.41, 5.74) is 10.0. The zero-order chi connectivity index (χ0) is 14.5. The molecule has 0 bridgehead atoms. The van der Waals surface area contributed by atoms with E-state index in [0.717, 1.165) is 11.1 Å². The maximum Gasteiger partial charge on any atom is 0.184 e. The quantitative estimate of drug-likeness (QED) is 0.396. The molecule has 3 N–H and O–H groups in total. The standard InChI is InChI=1S/C13H10ClFN4S/c14-12-11(15)5-10(7-17-12)9-3-1-8(2-4-9)6-18-19-13(16)20/h1-7H,(H3,16,19,20). The number of hydrogen-bond acceptors (Lipinski definition) is 3. The molecule has 0 amide bonds. The first-order valence-corrected chi connectivity index (χ1v) is 6.35. The van der Waals surface area contributed by atoms with Crippen LogP contribution in [-0.2, 0) is 0 Å². The van der Waals surface area contributed by atoms with Crippen LogP contribution in [0.15, 0.2) is 41.6 Å². The molecule has 2 rings (SSSR count). The third-order valence-electron chi connectivity index (χ3n) is 2.43. The van der Waals surface area contributed by atoms with E-state index >= 15 is 0 Å². The van der Waals surface area contributed by atoms with Gasteiger partial charge in [-0.3, -0.25) is 5.43 Å². The largest absolute Gasteiger partial charge is 0.375 e. The van der Waals surface area contributed by atoms with E-state index in [9.17, 15) is 4.39 Å². The van der Waals surface area contributed by atoms with Gasteiger partial charge < -0.3 is 5.73 Å². The van der Waals surface area contributed by atoms with Gasteiger partial charge in [0.1, 0.15) is 0 Å². The van der Waals surface area contributed by atoms with Crippen molar-refractivity contribution in [2.45, 2.75) is 0 Å². The summed E-state index contributed by atoms with van der Waals surface area (Å²) in [6.45, 7) is 0. The summed E-state index contributed by atoms with van der Waals surface area (Å²) in [7, 11) is 0. The van der Waals surface area contributed by atoms with Gasteiger partial charge >= 0.3 is 0 Å². The van der Waals surface area contributed by atoms with Crippen LogP contribution < -0.4 is 11.2 Å². The van der Waals surface area contributed by atoms with Gasteiger partial charge in [0.05, 0.1) is 6.21 Å². The summed E-state index contributed by atoms with van der Waals surface area (Å²) < 4.78 is 13.3. The van der Waals surface area contributed by atoms with Gasteiger partial charge in [0.2, 0.25) is 0 Å². The molecular formula is C13H10ClFN4S. The monoisotopic (exact) mass is 308 g/mol. The van der Waals surface area contributed by atoms with Crippen molar-refractivity contribution in [3.63, 3.8) is 0 Å². The molecule has 1 heterocycles. The SMILES string of the molecule is NC(=S)NN=Cc1ccc(-c2cnc(Cl)c(F)c2)cc1. The molecule has 0 saturated carbocycles. The van der Waals surface area contributed by atoms with Crippen molar-refractivity contribution in [1.82, 2.24) is 10.4 Å². The molecule has 0 aliphatic rings. The van der Waals surface area contributed by atoms with E-state index in [-0.39, 0.29) is 10.3 Å². The summed E-state index contributed by atoms with van der Waals surface area (Å²) >= 11 is 10.2. The molecule has 7 heteroatoms. The molecule has 20 heavy (non-hydrogen) atoms. The Morgan fingerprint density at radius 2 is 2.05 bits per heavy atom. The Balaban J connectivity index is 2.17. The Labute approximate surface area is 125 Å². The Hall–Kier alpha value is -2.05. The molecule has 102 valence electrons. The van der Waals surface area contributed by atoms with Crippen LogP contribution >= 0.6 is 23.8 Å². The van der Waals surface area contributed by atoms with Crippen LogP contribution in [0.1, 0.15) is 5.56 Å². The molecule has 0 atom stereocenters. The normalized spacial score (nSPS) is 10.7. The van der Waals surface area contributed by atoms with E-state index in [0.29, 0.717) is 5.56 Å². The van der Waals surface area contributed by atoms with E-state index in [1.54, 1.807) is 6.21 Å². The minimum absolute atomic E-state index is 0.0978. The highest BCUT2D eigenvalue weighted by Crippen LogP contribution is 2.22. The van der Waals surface area contributed by atoms with Crippen molar-refractivity contribution in [2.24, 2.45) is 10.8 Å². The predicted octanol–water partition coefficient (Wildman–Crippen LogP) is 2.71. The lowest BCUT2D eigenvalue weighted by molar-refractivity contribution is 0.622. The molecule has 0 radical (unpaired) electrons. The van der Waals surface area contributed by atoms with Crippen molar-refractivity contribution in [2.75, 3.05) is 0 Å². The second-order valence-corrected chi connectivity index (χ2v) is 4.65. The summed E-state index contributed by atoms with van der Waals surface area (Å²) in [6, 6.07) is 8.64. The number of nitrogens with zero attached hydrogens (tertiary/aromatic N) is 2. The molecule has 1 aromatic heterocycles. The van der Waals surface area contributed by atoms with Gasteiger partial charge in [0, 0.05) is 11.8 Å². The Bertz CT molecular complexity index is 658. The Kier molecular flexibility index (Phi) is 4.60. The van der Waals surface area contributed by atoms with Gasteiger partial charge in [-0.1, -0.05) is 35.9 Å². The second-order valence-electron chi connectivity index (χ2n) is 3.85. The third-order valence-corrected chi connectivity index (χ3v) is 2.80. The van der Waals surface area contributed by atoms with E-state index in [2.05, 4.69) is 27.7 Å². The highest BCUT2D eigenvalue weighted by Gasteiger charge is 2.04. The average molecular weight is 309 g/mol. The molecule has 0 aliphatic heterocycles. The lowest BCUT2D eigenvalue weighted by Crippen LogP contribution is -2.23. The van der Waals surface area contributed by atoms with Crippen molar-refractivity contribution in [3.8, 4) is 11.1 Å². The van der Waals surface area contributed by atoms with E-state index in [1.807, 2.05) is 24.3 Å². The summed E-state index contributed by atoms with van der Waals surface area (Å²) in [4.78, 5) is 3.77. The maximum absolute atomic E-state index is 13.3. The molecule has 0 fully saturated rings. The number of benzene rings is 1. The number of halogens is 2. The van der Waals surface area contributed by atoms with Crippen LogP contribution in [0, 0.1) is 5.82 Å². The van der Waals surface area contributed by atoms with Crippen LogP contribution in [-0.4, -0.2) is 16.3 Å². The lowest BCUT2D eigenvalue weighted by atomic mass is 10.1. The number of rotatable bonds is 3. The zero-order valence-electron chi connectivity index (χ0n) is 10.2. The topological polar surface area (TPSA) is 63.3 Å². The maximum atomic E-state index is 13.3. The van der Waals surface area contributed by atoms with Gasteiger partial charge in [-0.2, -0.15) is 5.10 Å². The molecular weight excluding hydrogens is 299 g/mol. The summed E-state index contributed by atoms with van der Waals surface area (Å²) in [5.74, 6) is -0.546. The molecule has 0 unspecified atom stereocenters. The van der Waals surface area contributed by atoms with Crippen LogP contribution in [0.25, 0.3) is 11.1 Å². The van der Waals surface area contributed by atoms with Crippen molar-refractivity contribution in [3.05, 3.63) is 53.1 Å². The van der Waals surface area contributed by atoms with Crippen LogP contribution in [0.2, 0.25) is 5.15 Å². The fraction of sp³-hybridized carbons (Fsp3) is 0. The molecule has 4 nitrogen and oxygen atoms in total. The number of thiocarbonyl (C=S) groups is 1. The molecule has 0 aliphatic carbocycles. The van der Waals surface area contributed by atoms with Crippen molar-refractivity contribution >= 4 is 35.1 Å². The van der Waals surface area contributed by atoms with Gasteiger partial charge in [-0.25, -0.2) is 9.37 Å². The van der Waals surface area contributed by atoms with E-state index < -0.39 is 5.82 Å². The van der Waals surface area contributed by atoms with Gasteiger partial charge in [0.15, 0.2) is 16.1 Å². The minimum atomic E-state index is -0.546. The summed E-state index contributed by atoms with van der Waals surface area (Å²) in [6.07, 6.45) is 3.09. The third kappa shape index (κ3) is 3.72. The second kappa shape index (κ2) is 6.40. The number of aromatic nitrogens is 1. The van der Waals surface area contributed by atoms with Gasteiger partial charge in [-0.15, -0.1) is 0 Å². The van der Waals surface area contributed by atoms with Crippen LogP contribution in [0.3, 0.4) is 0 Å². The minimum Gasteiger partial charge on any atom is -0.375 e. The first kappa shape index (κ1) is 14.4.